The lowest BCUT2D eigenvalue weighted by atomic mass is 9.95. The summed E-state index contributed by atoms with van der Waals surface area (Å²) in [7, 11) is -1.70. The highest BCUT2D eigenvalue weighted by Gasteiger charge is 2.21. The van der Waals surface area contributed by atoms with Crippen molar-refractivity contribution in [1.29, 1.82) is 0 Å². The SMILES string of the molecule is COc1cc(CC(C)(C)N)c(S(C)(=O)=O)cc1C. The zero-order valence-electron chi connectivity index (χ0n) is 11.6. The van der Waals surface area contributed by atoms with Crippen LogP contribution in [0.25, 0.3) is 0 Å². The van der Waals surface area contributed by atoms with E-state index in [1.54, 1.807) is 19.2 Å². The molecule has 0 atom stereocenters. The smallest absolute Gasteiger partial charge is 0.175 e. The lowest BCUT2D eigenvalue weighted by Gasteiger charge is -2.21. The number of rotatable bonds is 4. The molecule has 2 N–H and O–H groups in total. The maximum absolute atomic E-state index is 11.8. The first-order valence-electron chi connectivity index (χ1n) is 5.71. The highest BCUT2D eigenvalue weighted by molar-refractivity contribution is 7.90. The molecule has 0 radical (unpaired) electrons. The maximum atomic E-state index is 11.8. The second kappa shape index (κ2) is 4.90. The number of hydrogen-bond acceptors (Lipinski definition) is 4. The number of methoxy groups -OCH3 is 1. The van der Waals surface area contributed by atoms with Gasteiger partial charge < -0.3 is 10.5 Å². The van der Waals surface area contributed by atoms with E-state index in [9.17, 15) is 8.42 Å². The van der Waals surface area contributed by atoms with Crippen LogP contribution >= 0.6 is 0 Å². The monoisotopic (exact) mass is 271 g/mol. The van der Waals surface area contributed by atoms with Crippen LogP contribution in [0.2, 0.25) is 0 Å². The van der Waals surface area contributed by atoms with E-state index in [0.29, 0.717) is 22.6 Å². The second-order valence-electron chi connectivity index (χ2n) is 5.37. The zero-order chi connectivity index (χ0) is 14.1. The Hall–Kier alpha value is -1.07. The van der Waals surface area contributed by atoms with Crippen LogP contribution in [0, 0.1) is 6.92 Å². The Kier molecular flexibility index (Phi) is 4.08. The lowest BCUT2D eigenvalue weighted by Crippen LogP contribution is -2.35. The quantitative estimate of drug-likeness (QED) is 0.904. The molecule has 0 unspecified atom stereocenters. The van der Waals surface area contributed by atoms with Crippen LogP contribution in [0.5, 0.6) is 5.75 Å². The number of ether oxygens (including phenoxy) is 1. The Morgan fingerprint density at radius 2 is 1.89 bits per heavy atom. The topological polar surface area (TPSA) is 69.4 Å². The van der Waals surface area contributed by atoms with E-state index in [4.69, 9.17) is 10.5 Å². The molecule has 1 aromatic rings. The summed E-state index contributed by atoms with van der Waals surface area (Å²) in [6.45, 7) is 5.56. The van der Waals surface area contributed by atoms with E-state index in [-0.39, 0.29) is 0 Å². The molecule has 0 aliphatic heterocycles. The first kappa shape index (κ1) is 15.0. The Labute approximate surface area is 109 Å². The first-order chi connectivity index (χ1) is 8.04. The fourth-order valence-electron chi connectivity index (χ4n) is 1.90. The molecule has 0 fully saturated rings. The van der Waals surface area contributed by atoms with Crippen molar-refractivity contribution in [3.8, 4) is 5.75 Å². The Morgan fingerprint density at radius 1 is 1.33 bits per heavy atom. The molecule has 4 nitrogen and oxygen atoms in total. The van der Waals surface area contributed by atoms with Crippen molar-refractivity contribution in [1.82, 2.24) is 0 Å². The first-order valence-corrected chi connectivity index (χ1v) is 7.60. The molecule has 5 heteroatoms. The molecule has 0 saturated heterocycles. The predicted molar refractivity (Wildman–Crippen MR) is 72.8 cm³/mol. The molecular weight excluding hydrogens is 250 g/mol. The highest BCUT2D eigenvalue weighted by atomic mass is 32.2. The number of benzene rings is 1. The molecule has 0 spiro atoms. The normalized spacial score (nSPS) is 12.6. The molecule has 102 valence electrons. The van der Waals surface area contributed by atoms with Crippen LogP contribution in [0.4, 0.5) is 0 Å². The van der Waals surface area contributed by atoms with Gasteiger partial charge in [0, 0.05) is 11.8 Å². The van der Waals surface area contributed by atoms with Crippen molar-refractivity contribution >= 4 is 9.84 Å². The molecule has 0 aromatic heterocycles. The standard InChI is InChI=1S/C13H21NO3S/c1-9-6-12(18(5,15)16)10(7-11(9)17-4)8-13(2,3)14/h6-7H,8,14H2,1-5H3. The Bertz CT molecular complexity index is 542. The van der Waals surface area contributed by atoms with E-state index in [1.807, 2.05) is 20.8 Å². The molecule has 18 heavy (non-hydrogen) atoms. The largest absolute Gasteiger partial charge is 0.496 e. The third-order valence-corrected chi connectivity index (χ3v) is 3.80. The van der Waals surface area contributed by atoms with Crippen molar-refractivity contribution in [3.63, 3.8) is 0 Å². The average molecular weight is 271 g/mol. The van der Waals surface area contributed by atoms with E-state index >= 15 is 0 Å². The maximum Gasteiger partial charge on any atom is 0.175 e. The zero-order valence-corrected chi connectivity index (χ0v) is 12.4. The average Bonchev–Trinajstić information content (AvgIpc) is 2.16. The van der Waals surface area contributed by atoms with E-state index < -0.39 is 15.4 Å². The number of sulfone groups is 1. The molecular formula is C13H21NO3S. The highest BCUT2D eigenvalue weighted by Crippen LogP contribution is 2.28. The van der Waals surface area contributed by atoms with Gasteiger partial charge in [0.15, 0.2) is 9.84 Å². The summed E-state index contributed by atoms with van der Waals surface area (Å²) >= 11 is 0. The van der Waals surface area contributed by atoms with Crippen LogP contribution < -0.4 is 10.5 Å². The van der Waals surface area contributed by atoms with Gasteiger partial charge in [0.25, 0.3) is 0 Å². The summed E-state index contributed by atoms with van der Waals surface area (Å²) in [4.78, 5) is 0.333. The van der Waals surface area contributed by atoms with Crippen molar-refractivity contribution < 1.29 is 13.2 Å². The fraction of sp³-hybridized carbons (Fsp3) is 0.538. The van der Waals surface area contributed by atoms with Gasteiger partial charge in [-0.15, -0.1) is 0 Å². The summed E-state index contributed by atoms with van der Waals surface area (Å²) in [6.07, 6.45) is 1.69. The van der Waals surface area contributed by atoms with Gasteiger partial charge in [0.1, 0.15) is 5.75 Å². The summed E-state index contributed by atoms with van der Waals surface area (Å²) in [5.74, 6) is 0.682. The van der Waals surface area contributed by atoms with Gasteiger partial charge in [-0.2, -0.15) is 0 Å². The predicted octanol–water partition coefficient (Wildman–Crippen LogP) is 1.69. The number of nitrogens with two attached hydrogens (primary N) is 1. The fourth-order valence-corrected chi connectivity index (χ4v) is 2.90. The summed E-state index contributed by atoms with van der Waals surface area (Å²) in [5, 5.41) is 0. The third-order valence-electron chi connectivity index (χ3n) is 2.62. The van der Waals surface area contributed by atoms with Gasteiger partial charge in [-0.05, 0) is 50.5 Å². The van der Waals surface area contributed by atoms with E-state index in [1.165, 1.54) is 6.26 Å². The third kappa shape index (κ3) is 3.71. The molecule has 0 heterocycles. The molecule has 0 bridgehead atoms. The van der Waals surface area contributed by atoms with Gasteiger partial charge in [-0.25, -0.2) is 8.42 Å². The van der Waals surface area contributed by atoms with Crippen LogP contribution in [-0.4, -0.2) is 27.3 Å². The molecule has 1 aromatic carbocycles. The minimum absolute atomic E-state index is 0.333. The summed E-state index contributed by atoms with van der Waals surface area (Å²) < 4.78 is 28.9. The second-order valence-corrected chi connectivity index (χ2v) is 7.35. The van der Waals surface area contributed by atoms with Crippen LogP contribution in [0.15, 0.2) is 17.0 Å². The van der Waals surface area contributed by atoms with Crippen molar-refractivity contribution in [2.75, 3.05) is 13.4 Å². The van der Waals surface area contributed by atoms with Gasteiger partial charge >= 0.3 is 0 Å². The molecule has 0 saturated carbocycles. The Balaban J connectivity index is 3.45. The lowest BCUT2D eigenvalue weighted by molar-refractivity contribution is 0.409. The van der Waals surface area contributed by atoms with E-state index in [2.05, 4.69) is 0 Å². The van der Waals surface area contributed by atoms with Gasteiger partial charge in [0.05, 0.1) is 12.0 Å². The summed E-state index contributed by atoms with van der Waals surface area (Å²) in [5.41, 5.74) is 7.00. The van der Waals surface area contributed by atoms with Crippen molar-refractivity contribution in [2.24, 2.45) is 5.73 Å². The molecule has 0 amide bonds. The summed E-state index contributed by atoms with van der Waals surface area (Å²) in [6, 6.07) is 3.41. The number of aryl methyl sites for hydroxylation is 1. The molecule has 0 aliphatic rings. The minimum atomic E-state index is -3.26. The van der Waals surface area contributed by atoms with Crippen LogP contribution in [0.3, 0.4) is 0 Å². The van der Waals surface area contributed by atoms with Crippen LogP contribution in [-0.2, 0) is 16.3 Å². The molecule has 1 rings (SSSR count). The Morgan fingerprint density at radius 3 is 2.28 bits per heavy atom. The van der Waals surface area contributed by atoms with Gasteiger partial charge in [-0.1, -0.05) is 0 Å². The van der Waals surface area contributed by atoms with Crippen molar-refractivity contribution in [2.45, 2.75) is 37.6 Å². The minimum Gasteiger partial charge on any atom is -0.496 e. The van der Waals surface area contributed by atoms with Crippen molar-refractivity contribution in [3.05, 3.63) is 23.3 Å². The number of hydrogen-bond donors (Lipinski definition) is 1. The van der Waals surface area contributed by atoms with E-state index in [0.717, 1.165) is 5.56 Å². The molecule has 0 aliphatic carbocycles. The van der Waals surface area contributed by atoms with Gasteiger partial charge in [0.2, 0.25) is 0 Å². The van der Waals surface area contributed by atoms with Crippen LogP contribution in [0.1, 0.15) is 25.0 Å². The van der Waals surface area contributed by atoms with Gasteiger partial charge in [-0.3, -0.25) is 0 Å².